The molecule has 1 aliphatic rings. The van der Waals surface area contributed by atoms with Crippen LogP contribution in [0.15, 0.2) is 24.5 Å². The summed E-state index contributed by atoms with van der Waals surface area (Å²) in [7, 11) is 0. The van der Waals surface area contributed by atoms with E-state index in [2.05, 4.69) is 9.97 Å². The van der Waals surface area contributed by atoms with Gasteiger partial charge in [0.1, 0.15) is 0 Å². The molecule has 0 radical (unpaired) electrons. The number of carbonyl (C=O) groups is 2. The molecule has 0 aliphatic carbocycles. The number of nitrogens with one attached hydrogen (secondary N) is 1. The Balaban J connectivity index is 1.42. The molecule has 0 saturated carbocycles. The van der Waals surface area contributed by atoms with Crippen molar-refractivity contribution >= 4 is 35.6 Å². The number of primary amides is 1. The summed E-state index contributed by atoms with van der Waals surface area (Å²) < 4.78 is 43.5. The van der Waals surface area contributed by atoms with E-state index in [4.69, 9.17) is 27.5 Å². The van der Waals surface area contributed by atoms with Crippen molar-refractivity contribution in [3.63, 3.8) is 0 Å². The lowest BCUT2D eigenvalue weighted by molar-refractivity contribution is -0.138. The summed E-state index contributed by atoms with van der Waals surface area (Å²) in [6.07, 6.45) is -1.40. The van der Waals surface area contributed by atoms with E-state index in [0.29, 0.717) is 48.7 Å². The number of hydrogen-bond acceptors (Lipinski definition) is 7. The van der Waals surface area contributed by atoms with Gasteiger partial charge in [0.2, 0.25) is 17.8 Å². The van der Waals surface area contributed by atoms with Crippen LogP contribution in [0.5, 0.6) is 0 Å². The molecule has 2 aromatic rings. The molecule has 1 aromatic carbocycles. The first-order chi connectivity index (χ1) is 16.6. The second-order valence-corrected chi connectivity index (χ2v) is 8.22. The van der Waals surface area contributed by atoms with Crippen LogP contribution in [0.4, 0.5) is 19.1 Å². The second-order valence-electron chi connectivity index (χ2n) is 7.78. The Bertz CT molecular complexity index is 1070. The number of anilines is 1. The molecule has 0 spiro atoms. The van der Waals surface area contributed by atoms with Crippen molar-refractivity contribution < 1.29 is 27.5 Å². The maximum atomic E-state index is 12.7. The summed E-state index contributed by atoms with van der Waals surface area (Å²) >= 11 is 6.03. The number of piperazine rings is 1. The number of rotatable bonds is 9. The molecule has 0 atom stereocenters. The summed E-state index contributed by atoms with van der Waals surface area (Å²) in [5.41, 5.74) is 5.64. The number of nitrogens with zero attached hydrogens (tertiary/aromatic N) is 4. The molecule has 9 nitrogen and oxygen atoms in total. The van der Waals surface area contributed by atoms with Gasteiger partial charge in [0, 0.05) is 60.9 Å². The van der Waals surface area contributed by atoms with Gasteiger partial charge < -0.3 is 25.7 Å². The van der Waals surface area contributed by atoms with Gasteiger partial charge in [-0.1, -0.05) is 11.6 Å². The first kappa shape index (κ1) is 26.4. The normalized spacial score (nSPS) is 14.2. The number of alkyl halides is 3. The largest absolute Gasteiger partial charge is 0.419 e. The molecule has 1 fully saturated rings. The van der Waals surface area contributed by atoms with E-state index in [1.165, 1.54) is 6.07 Å². The van der Waals surface area contributed by atoms with Crippen LogP contribution in [0, 0.1) is 5.41 Å². The highest BCUT2D eigenvalue weighted by atomic mass is 35.5. The fourth-order valence-corrected chi connectivity index (χ4v) is 3.88. The van der Waals surface area contributed by atoms with Gasteiger partial charge in [-0.15, -0.1) is 0 Å². The minimum absolute atomic E-state index is 0.100. The average Bonchev–Trinajstić information content (AvgIpc) is 2.83. The summed E-state index contributed by atoms with van der Waals surface area (Å²) in [5, 5.41) is 7.88. The fourth-order valence-electron chi connectivity index (χ4n) is 3.64. The third-order valence-electron chi connectivity index (χ3n) is 5.50. The Morgan fingerprint density at radius 2 is 1.80 bits per heavy atom. The Kier molecular flexibility index (Phi) is 8.62. The smallest absolute Gasteiger partial charge is 0.381 e. The van der Waals surface area contributed by atoms with E-state index in [9.17, 15) is 22.8 Å². The number of carbonyl (C=O) groups excluding carboxylic acids is 2. The van der Waals surface area contributed by atoms with E-state index < -0.39 is 17.6 Å². The Morgan fingerprint density at radius 1 is 1.14 bits per heavy atom. The lowest BCUT2D eigenvalue weighted by Crippen LogP contribution is -2.49. The molecule has 0 bridgehead atoms. The van der Waals surface area contributed by atoms with Crippen molar-refractivity contribution in [2.45, 2.75) is 19.0 Å². The topological polar surface area (TPSA) is 126 Å². The predicted molar refractivity (Wildman–Crippen MR) is 123 cm³/mol. The summed E-state index contributed by atoms with van der Waals surface area (Å²) in [5.74, 6) is -0.584. The number of ether oxygens (including phenoxy) is 1. The highest BCUT2D eigenvalue weighted by Gasteiger charge is 2.32. The SMILES string of the molecule is N=Cc1c(CCOCCC(=O)N2CCN(c3ncc(C(F)(F)F)cn3)CC2)cc(Cl)cc1C(N)=O. The molecular formula is C22H24ClF3N6O3. The highest BCUT2D eigenvalue weighted by molar-refractivity contribution is 6.31. The molecule has 1 aliphatic heterocycles. The van der Waals surface area contributed by atoms with Crippen molar-refractivity contribution in [1.82, 2.24) is 14.9 Å². The summed E-state index contributed by atoms with van der Waals surface area (Å²) in [6, 6.07) is 3.06. The molecular weight excluding hydrogens is 489 g/mol. The second kappa shape index (κ2) is 11.5. The van der Waals surface area contributed by atoms with Crippen LogP contribution in [0.2, 0.25) is 5.02 Å². The minimum Gasteiger partial charge on any atom is -0.381 e. The number of amides is 2. The van der Waals surface area contributed by atoms with Crippen LogP contribution in [-0.4, -0.2) is 72.3 Å². The zero-order valence-corrected chi connectivity index (χ0v) is 19.4. The number of benzene rings is 1. The third-order valence-corrected chi connectivity index (χ3v) is 5.72. The minimum atomic E-state index is -4.49. The van der Waals surface area contributed by atoms with Crippen LogP contribution in [-0.2, 0) is 22.1 Å². The zero-order valence-electron chi connectivity index (χ0n) is 18.6. The van der Waals surface area contributed by atoms with Crippen LogP contribution < -0.4 is 10.6 Å². The van der Waals surface area contributed by atoms with Crippen molar-refractivity contribution in [2.24, 2.45) is 5.73 Å². The van der Waals surface area contributed by atoms with Crippen LogP contribution in [0.3, 0.4) is 0 Å². The molecule has 0 unspecified atom stereocenters. The Labute approximate surface area is 204 Å². The Hall–Kier alpha value is -3.25. The molecule has 35 heavy (non-hydrogen) atoms. The van der Waals surface area contributed by atoms with Crippen molar-refractivity contribution in [2.75, 3.05) is 44.3 Å². The first-order valence-electron chi connectivity index (χ1n) is 10.7. The van der Waals surface area contributed by atoms with Gasteiger partial charge in [-0.2, -0.15) is 13.2 Å². The summed E-state index contributed by atoms with van der Waals surface area (Å²) in [4.78, 5) is 35.0. The lowest BCUT2D eigenvalue weighted by atomic mass is 9.99. The highest BCUT2D eigenvalue weighted by Crippen LogP contribution is 2.28. The van der Waals surface area contributed by atoms with Crippen molar-refractivity contribution in [1.29, 1.82) is 5.41 Å². The standard InChI is InChI=1S/C22H24ClF3N6O3/c23-16-9-14(18(11-27)17(10-16)20(28)34)1-7-35-8-2-19(33)31-3-5-32(6-4-31)21-29-12-15(13-30-21)22(24,25)26/h9-13,27H,1-8H2,(H2,28,34). The van der Waals surface area contributed by atoms with Crippen LogP contribution in [0.25, 0.3) is 0 Å². The Morgan fingerprint density at radius 3 is 2.37 bits per heavy atom. The molecule has 1 saturated heterocycles. The maximum absolute atomic E-state index is 12.7. The number of aromatic nitrogens is 2. The fraction of sp³-hybridized carbons (Fsp3) is 0.409. The van der Waals surface area contributed by atoms with E-state index >= 15 is 0 Å². The van der Waals surface area contributed by atoms with Gasteiger partial charge in [0.15, 0.2) is 0 Å². The number of nitrogens with two attached hydrogens (primary N) is 1. The molecule has 2 amide bonds. The summed E-state index contributed by atoms with van der Waals surface area (Å²) in [6.45, 7) is 2.03. The number of hydrogen-bond donors (Lipinski definition) is 2. The van der Waals surface area contributed by atoms with Crippen LogP contribution in [0.1, 0.15) is 33.5 Å². The molecule has 13 heteroatoms. The monoisotopic (exact) mass is 512 g/mol. The average molecular weight is 513 g/mol. The first-order valence-corrected chi connectivity index (χ1v) is 11.1. The van der Waals surface area contributed by atoms with E-state index in [1.54, 1.807) is 15.9 Å². The molecule has 188 valence electrons. The van der Waals surface area contributed by atoms with Crippen molar-refractivity contribution in [3.8, 4) is 0 Å². The third kappa shape index (κ3) is 6.89. The molecule has 1 aromatic heterocycles. The zero-order chi connectivity index (χ0) is 25.6. The van der Waals surface area contributed by atoms with Crippen molar-refractivity contribution in [3.05, 3.63) is 51.8 Å². The molecule has 2 heterocycles. The van der Waals surface area contributed by atoms with Gasteiger partial charge in [0.05, 0.1) is 25.2 Å². The van der Waals surface area contributed by atoms with Gasteiger partial charge in [0.25, 0.3) is 0 Å². The molecule has 3 rings (SSSR count). The molecule has 3 N–H and O–H groups in total. The van der Waals surface area contributed by atoms with Gasteiger partial charge >= 0.3 is 6.18 Å². The van der Waals surface area contributed by atoms with E-state index in [0.717, 1.165) is 18.6 Å². The lowest BCUT2D eigenvalue weighted by Gasteiger charge is -2.34. The van der Waals surface area contributed by atoms with Crippen LogP contribution >= 0.6 is 11.6 Å². The van der Waals surface area contributed by atoms with E-state index in [-0.39, 0.29) is 37.1 Å². The predicted octanol–water partition coefficient (Wildman–Crippen LogP) is 2.54. The van der Waals surface area contributed by atoms with Gasteiger partial charge in [-0.25, -0.2) is 9.97 Å². The van der Waals surface area contributed by atoms with Gasteiger partial charge in [-0.05, 0) is 24.1 Å². The number of halogens is 4. The van der Waals surface area contributed by atoms with Gasteiger partial charge in [-0.3, -0.25) is 9.59 Å². The quantitative estimate of drug-likeness (QED) is 0.393. The maximum Gasteiger partial charge on any atom is 0.419 e. The van der Waals surface area contributed by atoms with E-state index in [1.807, 2.05) is 0 Å².